The molecular weight excluding hydrogens is 414 g/mol. The van der Waals surface area contributed by atoms with Gasteiger partial charge in [0.25, 0.3) is 5.91 Å². The molecule has 0 aliphatic carbocycles. The molecule has 6 nitrogen and oxygen atoms in total. The second kappa shape index (κ2) is 8.71. The highest BCUT2D eigenvalue weighted by molar-refractivity contribution is 7.83. The fraction of sp³-hybridized carbons (Fsp3) is 0.190. The van der Waals surface area contributed by atoms with Crippen LogP contribution in [-0.2, 0) is 28.9 Å². The standard InChI is InChI=1S/C21H18ClNO5S/c22-17-4-2-1-3-15(17)11-29(25)12-16-6-8-19(28-16)21(24)23-10-14-5-7-18-20(9-14)27-13-26-18/h1-9H,10-13H2,(H,23,24)/t29-/m0/s1. The van der Waals surface area contributed by atoms with Crippen molar-refractivity contribution >= 4 is 28.3 Å². The minimum absolute atomic E-state index is 0.176. The van der Waals surface area contributed by atoms with Crippen molar-refractivity contribution in [3.05, 3.63) is 82.3 Å². The van der Waals surface area contributed by atoms with Crippen molar-refractivity contribution in [1.82, 2.24) is 5.32 Å². The first-order chi connectivity index (χ1) is 14.1. The van der Waals surface area contributed by atoms with Crippen LogP contribution in [0, 0.1) is 0 Å². The largest absolute Gasteiger partial charge is 0.455 e. The number of carbonyl (C=O) groups is 1. The Kier molecular flexibility index (Phi) is 5.87. The molecule has 0 radical (unpaired) electrons. The first-order valence-corrected chi connectivity index (χ1v) is 10.8. The number of benzene rings is 2. The lowest BCUT2D eigenvalue weighted by atomic mass is 10.2. The molecule has 2 heterocycles. The maximum absolute atomic E-state index is 12.4. The van der Waals surface area contributed by atoms with Gasteiger partial charge in [0.2, 0.25) is 6.79 Å². The summed E-state index contributed by atoms with van der Waals surface area (Å²) in [4.78, 5) is 12.3. The highest BCUT2D eigenvalue weighted by Crippen LogP contribution is 2.32. The molecule has 0 saturated heterocycles. The average molecular weight is 432 g/mol. The van der Waals surface area contributed by atoms with Crippen LogP contribution in [0.25, 0.3) is 0 Å². The van der Waals surface area contributed by atoms with Gasteiger partial charge in [0, 0.05) is 22.4 Å². The first kappa shape index (κ1) is 19.5. The van der Waals surface area contributed by atoms with Crippen LogP contribution >= 0.6 is 11.6 Å². The molecule has 0 bridgehead atoms. The Morgan fingerprint density at radius 3 is 2.72 bits per heavy atom. The van der Waals surface area contributed by atoms with Gasteiger partial charge in [-0.1, -0.05) is 35.9 Å². The lowest BCUT2D eigenvalue weighted by Gasteiger charge is -2.05. The van der Waals surface area contributed by atoms with Crippen molar-refractivity contribution < 1.29 is 22.9 Å². The summed E-state index contributed by atoms with van der Waals surface area (Å²) in [6.45, 7) is 0.530. The van der Waals surface area contributed by atoms with Gasteiger partial charge in [-0.15, -0.1) is 0 Å². The summed E-state index contributed by atoms with van der Waals surface area (Å²) < 4.78 is 28.6. The van der Waals surface area contributed by atoms with E-state index in [1.807, 2.05) is 36.4 Å². The lowest BCUT2D eigenvalue weighted by Crippen LogP contribution is -2.22. The number of ether oxygens (including phenoxy) is 2. The van der Waals surface area contributed by atoms with Crippen molar-refractivity contribution in [2.75, 3.05) is 6.79 Å². The molecule has 8 heteroatoms. The minimum atomic E-state index is -1.20. The Morgan fingerprint density at radius 1 is 1.03 bits per heavy atom. The molecule has 1 N–H and O–H groups in total. The maximum atomic E-state index is 12.4. The molecule has 3 aromatic rings. The van der Waals surface area contributed by atoms with Crippen LogP contribution < -0.4 is 14.8 Å². The molecule has 2 aromatic carbocycles. The zero-order chi connectivity index (χ0) is 20.2. The molecule has 4 rings (SSSR count). The maximum Gasteiger partial charge on any atom is 0.287 e. The van der Waals surface area contributed by atoms with E-state index in [9.17, 15) is 9.00 Å². The van der Waals surface area contributed by atoms with Gasteiger partial charge in [-0.2, -0.15) is 0 Å². The van der Waals surface area contributed by atoms with Gasteiger partial charge < -0.3 is 19.2 Å². The minimum Gasteiger partial charge on any atom is -0.455 e. The van der Waals surface area contributed by atoms with Crippen LogP contribution in [0.1, 0.15) is 27.4 Å². The van der Waals surface area contributed by atoms with Gasteiger partial charge in [0.15, 0.2) is 17.3 Å². The second-order valence-electron chi connectivity index (χ2n) is 6.46. The third-order valence-electron chi connectivity index (χ3n) is 4.35. The van der Waals surface area contributed by atoms with E-state index in [1.165, 1.54) is 0 Å². The van der Waals surface area contributed by atoms with Crippen LogP contribution in [0.15, 0.2) is 59.0 Å². The van der Waals surface area contributed by atoms with E-state index < -0.39 is 10.8 Å². The molecular formula is C21H18ClNO5S. The zero-order valence-electron chi connectivity index (χ0n) is 15.4. The van der Waals surface area contributed by atoms with Crippen LogP contribution in [-0.4, -0.2) is 16.9 Å². The quantitative estimate of drug-likeness (QED) is 0.610. The predicted molar refractivity (Wildman–Crippen MR) is 109 cm³/mol. The smallest absolute Gasteiger partial charge is 0.287 e. The van der Waals surface area contributed by atoms with Gasteiger partial charge in [-0.05, 0) is 41.5 Å². The summed E-state index contributed by atoms with van der Waals surface area (Å²) >= 11 is 6.11. The number of hydrogen-bond donors (Lipinski definition) is 1. The second-order valence-corrected chi connectivity index (χ2v) is 8.32. The highest BCUT2D eigenvalue weighted by Gasteiger charge is 2.16. The van der Waals surface area contributed by atoms with E-state index in [0.29, 0.717) is 34.6 Å². The predicted octanol–water partition coefficient (Wildman–Crippen LogP) is 4.04. The fourth-order valence-corrected chi connectivity index (χ4v) is 4.35. The van der Waals surface area contributed by atoms with Gasteiger partial charge >= 0.3 is 0 Å². The summed E-state index contributed by atoms with van der Waals surface area (Å²) in [6, 6.07) is 16.0. The number of fused-ring (bicyclic) bond motifs is 1. The summed E-state index contributed by atoms with van der Waals surface area (Å²) in [5.41, 5.74) is 1.70. The Balaban J connectivity index is 1.31. The van der Waals surface area contributed by atoms with E-state index >= 15 is 0 Å². The fourth-order valence-electron chi connectivity index (χ4n) is 2.90. The Hall–Kier alpha value is -2.77. The average Bonchev–Trinajstić information content (AvgIpc) is 3.37. The molecule has 29 heavy (non-hydrogen) atoms. The Morgan fingerprint density at radius 2 is 1.86 bits per heavy atom. The summed E-state index contributed by atoms with van der Waals surface area (Å²) in [5.74, 6) is 2.22. The summed E-state index contributed by atoms with van der Waals surface area (Å²) in [6.07, 6.45) is 0. The van der Waals surface area contributed by atoms with Crippen LogP contribution in [0.5, 0.6) is 11.5 Å². The molecule has 150 valence electrons. The molecule has 0 saturated carbocycles. The number of amides is 1. The van der Waals surface area contributed by atoms with Gasteiger partial charge in [-0.3, -0.25) is 9.00 Å². The van der Waals surface area contributed by atoms with Crippen molar-refractivity contribution in [2.24, 2.45) is 0 Å². The number of halogens is 1. The Labute approximate surface area is 175 Å². The van der Waals surface area contributed by atoms with Crippen molar-refractivity contribution in [2.45, 2.75) is 18.1 Å². The first-order valence-electron chi connectivity index (χ1n) is 8.92. The van der Waals surface area contributed by atoms with Crippen molar-refractivity contribution in [1.29, 1.82) is 0 Å². The van der Waals surface area contributed by atoms with E-state index in [1.54, 1.807) is 18.2 Å². The normalized spacial score (nSPS) is 13.3. The van der Waals surface area contributed by atoms with Gasteiger partial charge in [-0.25, -0.2) is 0 Å². The number of furan rings is 1. The number of hydrogen-bond acceptors (Lipinski definition) is 5. The van der Waals surface area contributed by atoms with E-state index in [2.05, 4.69) is 5.32 Å². The number of nitrogens with one attached hydrogen (secondary N) is 1. The topological polar surface area (TPSA) is 77.8 Å². The third kappa shape index (κ3) is 4.81. The van der Waals surface area contributed by atoms with Crippen LogP contribution in [0.3, 0.4) is 0 Å². The van der Waals surface area contributed by atoms with Crippen LogP contribution in [0.2, 0.25) is 5.02 Å². The monoisotopic (exact) mass is 431 g/mol. The summed E-state index contributed by atoms with van der Waals surface area (Å²) in [7, 11) is -1.20. The number of carbonyl (C=O) groups excluding carboxylic acids is 1. The highest BCUT2D eigenvalue weighted by atomic mass is 35.5. The van der Waals surface area contributed by atoms with Crippen molar-refractivity contribution in [3.8, 4) is 11.5 Å². The molecule has 0 fully saturated rings. The number of rotatable bonds is 7. The zero-order valence-corrected chi connectivity index (χ0v) is 16.9. The van der Waals surface area contributed by atoms with Crippen LogP contribution in [0.4, 0.5) is 0 Å². The molecule has 1 aromatic heterocycles. The molecule has 1 aliphatic rings. The third-order valence-corrected chi connectivity index (χ3v) is 5.96. The van der Waals surface area contributed by atoms with E-state index in [4.69, 9.17) is 25.5 Å². The van der Waals surface area contributed by atoms with E-state index in [0.717, 1.165) is 11.1 Å². The Bertz CT molecular complexity index is 1060. The summed E-state index contributed by atoms with van der Waals surface area (Å²) in [5, 5.41) is 3.38. The van der Waals surface area contributed by atoms with Gasteiger partial charge in [0.05, 0.1) is 11.5 Å². The molecule has 1 aliphatic heterocycles. The van der Waals surface area contributed by atoms with Gasteiger partial charge in [0.1, 0.15) is 5.76 Å². The van der Waals surface area contributed by atoms with E-state index in [-0.39, 0.29) is 24.2 Å². The molecule has 0 spiro atoms. The molecule has 0 unspecified atom stereocenters. The molecule has 1 amide bonds. The molecule has 1 atom stereocenters. The SMILES string of the molecule is O=C(NCc1ccc2c(c1)OCO2)c1ccc(C[S@@](=O)Cc2ccccc2Cl)o1. The lowest BCUT2D eigenvalue weighted by molar-refractivity contribution is 0.0921. The van der Waals surface area contributed by atoms with Crippen molar-refractivity contribution in [3.63, 3.8) is 0 Å².